The Kier molecular flexibility index (Phi) is 9.36. The van der Waals surface area contributed by atoms with E-state index in [-0.39, 0.29) is 48.0 Å². The third kappa shape index (κ3) is 8.21. The minimum Gasteiger partial charge on any atom is -0.493 e. The lowest BCUT2D eigenvalue weighted by atomic mass is 10.0. The molecule has 0 aromatic heterocycles. The molecule has 0 bridgehead atoms. The van der Waals surface area contributed by atoms with Crippen molar-refractivity contribution >= 4 is 23.4 Å². The maximum absolute atomic E-state index is 12.4. The van der Waals surface area contributed by atoms with Gasteiger partial charge in [-0.05, 0) is 43.2 Å². The van der Waals surface area contributed by atoms with Gasteiger partial charge in [0.05, 0.1) is 20.2 Å². The minimum absolute atomic E-state index is 0.0217. The van der Waals surface area contributed by atoms with Crippen molar-refractivity contribution in [1.29, 1.82) is 0 Å². The fraction of sp³-hybridized carbons (Fsp3) is 0.375. The molecule has 0 spiro atoms. The van der Waals surface area contributed by atoms with Gasteiger partial charge in [-0.25, -0.2) is 0 Å². The van der Waals surface area contributed by atoms with E-state index in [1.54, 1.807) is 0 Å². The van der Waals surface area contributed by atoms with E-state index in [2.05, 4.69) is 20.7 Å². The van der Waals surface area contributed by atoms with Gasteiger partial charge >= 0.3 is 6.61 Å². The first-order chi connectivity index (χ1) is 16.8. The zero-order chi connectivity index (χ0) is 25.2. The molecule has 0 saturated carbocycles. The summed E-state index contributed by atoms with van der Waals surface area (Å²) in [7, 11) is 1.27. The summed E-state index contributed by atoms with van der Waals surface area (Å²) in [5, 5.41) is 8.24. The molecule has 1 aliphatic heterocycles. The number of halogens is 2. The number of para-hydroxylation sites is 1. The lowest BCUT2D eigenvalue weighted by Gasteiger charge is -2.31. The minimum atomic E-state index is -3.02. The van der Waals surface area contributed by atoms with Gasteiger partial charge in [0, 0.05) is 30.4 Å². The van der Waals surface area contributed by atoms with Crippen LogP contribution in [0.25, 0.3) is 0 Å². The second-order valence-corrected chi connectivity index (χ2v) is 7.96. The smallest absolute Gasteiger partial charge is 0.387 e. The summed E-state index contributed by atoms with van der Waals surface area (Å²) < 4.78 is 34.2. The van der Waals surface area contributed by atoms with Gasteiger partial charge < -0.3 is 25.4 Å². The maximum Gasteiger partial charge on any atom is 0.387 e. The van der Waals surface area contributed by atoms with Crippen LogP contribution in [-0.4, -0.2) is 68.6 Å². The molecule has 3 amide bonds. The monoisotopic (exact) mass is 490 g/mol. The van der Waals surface area contributed by atoms with Crippen LogP contribution >= 0.6 is 0 Å². The molecule has 3 rings (SSSR count). The first-order valence-corrected chi connectivity index (χ1v) is 11.1. The number of carbonyl (C=O) groups is 3. The number of rotatable bonds is 10. The number of nitrogens with one attached hydrogen (secondary N) is 3. The first kappa shape index (κ1) is 25.9. The average molecular weight is 491 g/mol. The highest BCUT2D eigenvalue weighted by Gasteiger charge is 2.22. The summed E-state index contributed by atoms with van der Waals surface area (Å²) >= 11 is 0. The van der Waals surface area contributed by atoms with Crippen molar-refractivity contribution < 1.29 is 32.6 Å². The fourth-order valence-electron chi connectivity index (χ4n) is 3.70. The molecule has 3 N–H and O–H groups in total. The number of nitrogens with zero attached hydrogens (tertiary/aromatic N) is 1. The van der Waals surface area contributed by atoms with Crippen molar-refractivity contribution in [2.24, 2.45) is 0 Å². The highest BCUT2D eigenvalue weighted by atomic mass is 19.3. The molecule has 0 radical (unpaired) electrons. The van der Waals surface area contributed by atoms with Gasteiger partial charge in [0.1, 0.15) is 0 Å². The molecule has 9 nitrogen and oxygen atoms in total. The van der Waals surface area contributed by atoms with Crippen LogP contribution in [0.15, 0.2) is 48.5 Å². The average Bonchev–Trinajstić information content (AvgIpc) is 2.84. The van der Waals surface area contributed by atoms with E-state index in [1.165, 1.54) is 25.3 Å². The summed E-state index contributed by atoms with van der Waals surface area (Å²) in [4.78, 5) is 38.8. The molecule has 1 fully saturated rings. The second-order valence-electron chi connectivity index (χ2n) is 7.96. The third-order valence-electron chi connectivity index (χ3n) is 5.43. The van der Waals surface area contributed by atoms with E-state index in [4.69, 9.17) is 4.74 Å². The van der Waals surface area contributed by atoms with Gasteiger partial charge in [0.2, 0.25) is 11.8 Å². The van der Waals surface area contributed by atoms with Crippen LogP contribution < -0.4 is 25.4 Å². The molecule has 188 valence electrons. The number of alkyl halides is 2. The van der Waals surface area contributed by atoms with E-state index in [0.717, 1.165) is 5.69 Å². The molecule has 1 aliphatic rings. The van der Waals surface area contributed by atoms with Crippen molar-refractivity contribution in [1.82, 2.24) is 15.5 Å². The predicted octanol–water partition coefficient (Wildman–Crippen LogP) is 2.25. The summed E-state index contributed by atoms with van der Waals surface area (Å²) in [5.41, 5.74) is 0.885. The number of amides is 3. The quantitative estimate of drug-likeness (QED) is 0.472. The zero-order valence-electron chi connectivity index (χ0n) is 19.3. The number of piperidine rings is 1. The van der Waals surface area contributed by atoms with Crippen LogP contribution in [0.2, 0.25) is 0 Å². The van der Waals surface area contributed by atoms with Crippen molar-refractivity contribution in [3.8, 4) is 11.5 Å². The number of methoxy groups -OCH3 is 1. The third-order valence-corrected chi connectivity index (χ3v) is 5.43. The Morgan fingerprint density at radius 3 is 2.40 bits per heavy atom. The van der Waals surface area contributed by atoms with E-state index in [9.17, 15) is 23.2 Å². The van der Waals surface area contributed by atoms with E-state index in [1.807, 2.05) is 35.2 Å². The molecule has 0 aliphatic carbocycles. The molecule has 11 heteroatoms. The van der Waals surface area contributed by atoms with Gasteiger partial charge in [0.15, 0.2) is 11.5 Å². The summed E-state index contributed by atoms with van der Waals surface area (Å²) in [6.07, 6.45) is 1.36. The SMILES string of the molecule is COc1cc(C(=O)NCC(=O)NC2CCN(CC(=O)Nc3ccccc3)CC2)ccc1OC(F)F. The maximum atomic E-state index is 12.4. The van der Waals surface area contributed by atoms with E-state index < -0.39 is 12.5 Å². The van der Waals surface area contributed by atoms with Crippen LogP contribution in [0.5, 0.6) is 11.5 Å². The number of benzene rings is 2. The van der Waals surface area contributed by atoms with Crippen LogP contribution in [-0.2, 0) is 9.59 Å². The highest BCUT2D eigenvalue weighted by molar-refractivity contribution is 5.97. The van der Waals surface area contributed by atoms with Gasteiger partial charge in [-0.2, -0.15) is 8.78 Å². The second kappa shape index (κ2) is 12.7. The molecule has 2 aromatic carbocycles. The number of hydrogen-bond donors (Lipinski definition) is 3. The number of likely N-dealkylation sites (tertiary alicyclic amines) is 1. The van der Waals surface area contributed by atoms with Crippen LogP contribution in [0, 0.1) is 0 Å². The Hall–Kier alpha value is -3.73. The Bertz CT molecular complexity index is 1010. The lowest BCUT2D eigenvalue weighted by molar-refractivity contribution is -0.121. The van der Waals surface area contributed by atoms with Crippen molar-refractivity contribution in [3.63, 3.8) is 0 Å². The summed E-state index contributed by atoms with van der Waals surface area (Å²) in [6, 6.07) is 12.9. The molecular formula is C24H28F2N4O5. The van der Waals surface area contributed by atoms with Crippen LogP contribution in [0.4, 0.5) is 14.5 Å². The first-order valence-electron chi connectivity index (χ1n) is 11.1. The zero-order valence-corrected chi connectivity index (χ0v) is 19.3. The molecule has 0 unspecified atom stereocenters. The Balaban J connectivity index is 1.38. The van der Waals surface area contributed by atoms with Crippen LogP contribution in [0.3, 0.4) is 0 Å². The van der Waals surface area contributed by atoms with Crippen molar-refractivity contribution in [2.45, 2.75) is 25.5 Å². The van der Waals surface area contributed by atoms with Crippen LogP contribution in [0.1, 0.15) is 23.2 Å². The molecule has 35 heavy (non-hydrogen) atoms. The Morgan fingerprint density at radius 1 is 1.03 bits per heavy atom. The standard InChI is InChI=1S/C24H28F2N4O5/c1-34-20-13-16(7-8-19(20)35-24(25)26)23(33)27-14-21(31)28-18-9-11-30(12-10-18)15-22(32)29-17-5-3-2-4-6-17/h2-8,13,18,24H,9-12,14-15H2,1H3,(H,27,33)(H,28,31)(H,29,32). The molecule has 1 saturated heterocycles. The van der Waals surface area contributed by atoms with Gasteiger partial charge in [-0.1, -0.05) is 18.2 Å². The van der Waals surface area contributed by atoms with E-state index >= 15 is 0 Å². The number of ether oxygens (including phenoxy) is 2. The summed E-state index contributed by atoms with van der Waals surface area (Å²) in [6.45, 7) is -1.67. The Labute approximate surface area is 201 Å². The van der Waals surface area contributed by atoms with Gasteiger partial charge in [-0.15, -0.1) is 0 Å². The number of hydrogen-bond acceptors (Lipinski definition) is 6. The molecule has 0 atom stereocenters. The molecular weight excluding hydrogens is 462 g/mol. The summed E-state index contributed by atoms with van der Waals surface area (Å²) in [5.74, 6) is -1.20. The Morgan fingerprint density at radius 2 is 1.74 bits per heavy atom. The largest absolute Gasteiger partial charge is 0.493 e. The van der Waals surface area contributed by atoms with E-state index in [0.29, 0.717) is 25.9 Å². The normalized spacial score (nSPS) is 14.3. The number of carbonyl (C=O) groups excluding carboxylic acids is 3. The molecule has 1 heterocycles. The van der Waals surface area contributed by atoms with Crippen molar-refractivity contribution in [3.05, 3.63) is 54.1 Å². The van der Waals surface area contributed by atoms with Gasteiger partial charge in [-0.3, -0.25) is 19.3 Å². The van der Waals surface area contributed by atoms with Crippen molar-refractivity contribution in [2.75, 3.05) is 38.6 Å². The topological polar surface area (TPSA) is 109 Å². The van der Waals surface area contributed by atoms with Gasteiger partial charge in [0.25, 0.3) is 5.91 Å². The highest BCUT2D eigenvalue weighted by Crippen LogP contribution is 2.29. The number of anilines is 1. The molecule has 2 aromatic rings. The predicted molar refractivity (Wildman–Crippen MR) is 125 cm³/mol. The lowest BCUT2D eigenvalue weighted by Crippen LogP contribution is -2.48. The fourth-order valence-corrected chi connectivity index (χ4v) is 3.70.